The molecule has 0 spiro atoms. The molecule has 1 N–H and O–H groups in total. The van der Waals surface area contributed by atoms with Crippen LogP contribution in [0.3, 0.4) is 0 Å². The van der Waals surface area contributed by atoms with Crippen molar-refractivity contribution in [3.05, 3.63) is 35.9 Å². The van der Waals surface area contributed by atoms with Crippen molar-refractivity contribution in [1.29, 1.82) is 0 Å². The molecule has 0 aromatic heterocycles. The van der Waals surface area contributed by atoms with E-state index in [1.807, 2.05) is 7.05 Å². The lowest BCUT2D eigenvalue weighted by molar-refractivity contribution is -0.0502. The summed E-state index contributed by atoms with van der Waals surface area (Å²) in [6.45, 7) is 9.87. The lowest BCUT2D eigenvalue weighted by Crippen LogP contribution is -2.50. The fourth-order valence-electron chi connectivity index (χ4n) is 3.79. The first kappa shape index (κ1) is 19.1. The van der Waals surface area contributed by atoms with E-state index in [0.29, 0.717) is 6.04 Å². The SMILES string of the molecule is CCN(C)CCNC(=NC)N1CC2OCCN(Cc3ccccc3)C2C1. The van der Waals surface area contributed by atoms with Gasteiger partial charge in [-0.1, -0.05) is 37.3 Å². The number of fused-ring (bicyclic) bond motifs is 1. The van der Waals surface area contributed by atoms with Crippen molar-refractivity contribution in [2.24, 2.45) is 4.99 Å². The van der Waals surface area contributed by atoms with Gasteiger partial charge in [-0.05, 0) is 19.2 Å². The van der Waals surface area contributed by atoms with E-state index in [4.69, 9.17) is 4.74 Å². The molecule has 6 nitrogen and oxygen atoms in total. The summed E-state index contributed by atoms with van der Waals surface area (Å²) >= 11 is 0. The topological polar surface area (TPSA) is 43.3 Å². The van der Waals surface area contributed by atoms with Crippen molar-refractivity contribution in [1.82, 2.24) is 20.0 Å². The molecule has 0 saturated carbocycles. The van der Waals surface area contributed by atoms with Crippen LogP contribution in [0.25, 0.3) is 0 Å². The minimum Gasteiger partial charge on any atom is -0.373 e. The molecule has 1 aromatic carbocycles. The van der Waals surface area contributed by atoms with E-state index in [-0.39, 0.29) is 6.10 Å². The van der Waals surface area contributed by atoms with E-state index in [1.54, 1.807) is 0 Å². The minimum atomic E-state index is 0.268. The third-order valence-corrected chi connectivity index (χ3v) is 5.47. The second-order valence-corrected chi connectivity index (χ2v) is 7.21. The molecule has 2 aliphatic heterocycles. The summed E-state index contributed by atoms with van der Waals surface area (Å²) in [7, 11) is 4.01. The number of nitrogens with one attached hydrogen (secondary N) is 1. The van der Waals surface area contributed by atoms with Gasteiger partial charge in [-0.25, -0.2) is 0 Å². The summed E-state index contributed by atoms with van der Waals surface area (Å²) in [5, 5.41) is 3.51. The number of likely N-dealkylation sites (tertiary alicyclic amines) is 1. The van der Waals surface area contributed by atoms with Crippen LogP contribution in [-0.2, 0) is 11.3 Å². The Morgan fingerprint density at radius 1 is 1.31 bits per heavy atom. The Hall–Kier alpha value is -1.63. The lowest BCUT2D eigenvalue weighted by Gasteiger charge is -2.36. The number of nitrogens with zero attached hydrogens (tertiary/aromatic N) is 4. The van der Waals surface area contributed by atoms with E-state index in [1.165, 1.54) is 5.56 Å². The molecule has 2 saturated heterocycles. The number of hydrogen-bond donors (Lipinski definition) is 1. The Kier molecular flexibility index (Phi) is 6.88. The van der Waals surface area contributed by atoms with Gasteiger partial charge >= 0.3 is 0 Å². The van der Waals surface area contributed by atoms with Crippen LogP contribution >= 0.6 is 0 Å². The van der Waals surface area contributed by atoms with Crippen LogP contribution in [0.4, 0.5) is 0 Å². The number of guanidine groups is 1. The maximum Gasteiger partial charge on any atom is 0.193 e. The molecular weight excluding hydrogens is 326 g/mol. The van der Waals surface area contributed by atoms with Gasteiger partial charge in [0.2, 0.25) is 0 Å². The average Bonchev–Trinajstić information content (AvgIpc) is 3.11. The van der Waals surface area contributed by atoms with Crippen LogP contribution in [0.2, 0.25) is 0 Å². The number of aliphatic imine (C=N–C) groups is 1. The number of benzene rings is 1. The normalized spacial score (nSPS) is 24.2. The molecule has 1 aromatic rings. The highest BCUT2D eigenvalue weighted by Gasteiger charge is 2.41. The predicted molar refractivity (Wildman–Crippen MR) is 106 cm³/mol. The highest BCUT2D eigenvalue weighted by Crippen LogP contribution is 2.24. The van der Waals surface area contributed by atoms with Gasteiger partial charge in [0, 0.05) is 46.3 Å². The van der Waals surface area contributed by atoms with Crippen LogP contribution in [-0.4, -0.2) is 92.8 Å². The first-order valence-electron chi connectivity index (χ1n) is 9.75. The van der Waals surface area contributed by atoms with Crippen LogP contribution in [0.5, 0.6) is 0 Å². The summed E-state index contributed by atoms with van der Waals surface area (Å²) in [4.78, 5) is 11.7. The fraction of sp³-hybridized carbons (Fsp3) is 0.650. The van der Waals surface area contributed by atoms with Gasteiger partial charge < -0.3 is 19.9 Å². The van der Waals surface area contributed by atoms with Crippen LogP contribution in [0.15, 0.2) is 35.3 Å². The molecule has 2 aliphatic rings. The van der Waals surface area contributed by atoms with Gasteiger partial charge in [-0.15, -0.1) is 0 Å². The quantitative estimate of drug-likeness (QED) is 0.609. The fourth-order valence-corrected chi connectivity index (χ4v) is 3.79. The van der Waals surface area contributed by atoms with Crippen LogP contribution in [0.1, 0.15) is 12.5 Å². The van der Waals surface area contributed by atoms with E-state index >= 15 is 0 Å². The molecule has 2 atom stereocenters. The van der Waals surface area contributed by atoms with E-state index in [0.717, 1.165) is 58.4 Å². The van der Waals surface area contributed by atoms with Gasteiger partial charge in [0.15, 0.2) is 5.96 Å². The Morgan fingerprint density at radius 2 is 2.12 bits per heavy atom. The van der Waals surface area contributed by atoms with Gasteiger partial charge in [-0.2, -0.15) is 0 Å². The van der Waals surface area contributed by atoms with Crippen molar-refractivity contribution >= 4 is 5.96 Å². The second-order valence-electron chi connectivity index (χ2n) is 7.21. The van der Waals surface area contributed by atoms with Gasteiger partial charge in [0.1, 0.15) is 0 Å². The van der Waals surface area contributed by atoms with Crippen molar-refractivity contribution in [3.8, 4) is 0 Å². The third-order valence-electron chi connectivity index (χ3n) is 5.47. The first-order valence-corrected chi connectivity index (χ1v) is 9.75. The van der Waals surface area contributed by atoms with Gasteiger partial charge in [-0.3, -0.25) is 9.89 Å². The van der Waals surface area contributed by atoms with Crippen LogP contribution in [0, 0.1) is 0 Å². The van der Waals surface area contributed by atoms with E-state index < -0.39 is 0 Å². The molecule has 0 bridgehead atoms. The molecule has 6 heteroatoms. The second kappa shape index (κ2) is 9.35. The number of likely N-dealkylation sites (N-methyl/N-ethyl adjacent to an activating group) is 1. The maximum atomic E-state index is 6.08. The third kappa shape index (κ3) is 4.75. The molecule has 0 aliphatic carbocycles. The molecule has 26 heavy (non-hydrogen) atoms. The highest BCUT2D eigenvalue weighted by atomic mass is 16.5. The smallest absolute Gasteiger partial charge is 0.193 e. The largest absolute Gasteiger partial charge is 0.373 e. The van der Waals surface area contributed by atoms with Crippen molar-refractivity contribution in [3.63, 3.8) is 0 Å². The van der Waals surface area contributed by atoms with Crippen LogP contribution < -0.4 is 5.32 Å². The molecule has 2 fully saturated rings. The molecular formula is C20H33N5O. The monoisotopic (exact) mass is 359 g/mol. The summed E-state index contributed by atoms with van der Waals surface area (Å²) in [5.74, 6) is 0.993. The number of hydrogen-bond acceptors (Lipinski definition) is 4. The van der Waals surface area contributed by atoms with E-state index in [9.17, 15) is 0 Å². The minimum absolute atomic E-state index is 0.268. The van der Waals surface area contributed by atoms with Gasteiger partial charge in [0.05, 0.1) is 18.8 Å². The molecule has 144 valence electrons. The Balaban J connectivity index is 1.57. The summed E-state index contributed by atoms with van der Waals surface area (Å²) in [6.07, 6.45) is 0.268. The van der Waals surface area contributed by atoms with E-state index in [2.05, 4.69) is 69.3 Å². The molecule has 2 heterocycles. The molecule has 2 unspecified atom stereocenters. The molecule has 3 rings (SSSR count). The standard InChI is InChI=1S/C20H33N5O/c1-4-23(3)11-10-22-20(21-2)25-15-18-19(16-25)26-13-12-24(18)14-17-8-6-5-7-9-17/h5-9,18-19H,4,10-16H2,1-3H3,(H,21,22). The molecule has 0 amide bonds. The zero-order chi connectivity index (χ0) is 18.4. The van der Waals surface area contributed by atoms with Crippen molar-refractivity contribution < 1.29 is 4.74 Å². The number of ether oxygens (including phenoxy) is 1. The maximum absolute atomic E-state index is 6.08. The van der Waals surface area contributed by atoms with Crippen molar-refractivity contribution in [2.45, 2.75) is 25.6 Å². The van der Waals surface area contributed by atoms with Gasteiger partial charge in [0.25, 0.3) is 0 Å². The Labute approximate surface area is 157 Å². The lowest BCUT2D eigenvalue weighted by atomic mass is 10.1. The average molecular weight is 360 g/mol. The summed E-state index contributed by atoms with van der Waals surface area (Å²) in [6, 6.07) is 11.2. The number of rotatable bonds is 6. The number of morpholine rings is 1. The highest BCUT2D eigenvalue weighted by molar-refractivity contribution is 5.80. The zero-order valence-corrected chi connectivity index (χ0v) is 16.4. The summed E-state index contributed by atoms with van der Waals surface area (Å²) in [5.41, 5.74) is 1.37. The molecule has 0 radical (unpaired) electrons. The Morgan fingerprint density at radius 3 is 2.85 bits per heavy atom. The predicted octanol–water partition coefficient (Wildman–Crippen LogP) is 1.10. The first-order chi connectivity index (χ1) is 12.7. The Bertz CT molecular complexity index is 579. The zero-order valence-electron chi connectivity index (χ0n) is 16.4. The summed E-state index contributed by atoms with van der Waals surface area (Å²) < 4.78 is 6.08. The van der Waals surface area contributed by atoms with Crippen molar-refractivity contribution in [2.75, 3.05) is 60.0 Å².